The molecule has 3 rings (SSSR count). The van der Waals surface area contributed by atoms with Crippen LogP contribution in [0.1, 0.15) is 18.4 Å². The van der Waals surface area contributed by atoms with Crippen molar-refractivity contribution >= 4 is 5.91 Å². The highest BCUT2D eigenvalue weighted by Gasteiger charge is 2.19. The lowest BCUT2D eigenvalue weighted by Gasteiger charge is -2.22. The third kappa shape index (κ3) is 4.61. The molecule has 1 amide bonds. The lowest BCUT2D eigenvalue weighted by atomic mass is 10.2. The van der Waals surface area contributed by atoms with Crippen LogP contribution in [0.5, 0.6) is 0 Å². The summed E-state index contributed by atoms with van der Waals surface area (Å²) in [6.45, 7) is 4.67. The molecule has 1 aliphatic heterocycles. The number of aryl methyl sites for hydroxylation is 1. The minimum Gasteiger partial charge on any atom is -0.341 e. The fourth-order valence-electron chi connectivity index (χ4n) is 2.94. The van der Waals surface area contributed by atoms with Crippen LogP contribution in [-0.4, -0.2) is 56.7 Å². The zero-order valence-corrected chi connectivity index (χ0v) is 13.6. The number of rotatable bonds is 5. The van der Waals surface area contributed by atoms with Gasteiger partial charge in [-0.3, -0.25) is 14.4 Å². The second-order valence-corrected chi connectivity index (χ2v) is 6.05. The summed E-state index contributed by atoms with van der Waals surface area (Å²) in [6.07, 6.45) is 4.50. The molecular formula is C17H22FN5O. The van der Waals surface area contributed by atoms with E-state index in [1.807, 2.05) is 17.0 Å². The molecule has 0 bridgehead atoms. The standard InChI is InChI=1S/C17H22FN5O/c18-16-4-2-15(3-5-16)12-21-7-1-8-22(11-10-21)17(24)6-9-23-14-19-13-20-23/h2-5,13-14H,1,6-12H2. The highest BCUT2D eigenvalue weighted by atomic mass is 19.1. The Kier molecular flexibility index (Phi) is 5.53. The van der Waals surface area contributed by atoms with Crippen molar-refractivity contribution in [3.8, 4) is 0 Å². The molecule has 0 unspecified atom stereocenters. The molecule has 2 heterocycles. The topological polar surface area (TPSA) is 54.3 Å². The van der Waals surface area contributed by atoms with Gasteiger partial charge in [0.2, 0.25) is 5.91 Å². The zero-order valence-electron chi connectivity index (χ0n) is 13.6. The average Bonchev–Trinajstić information content (AvgIpc) is 3.00. The Hall–Kier alpha value is -2.28. The van der Waals surface area contributed by atoms with Gasteiger partial charge in [0.1, 0.15) is 18.5 Å². The smallest absolute Gasteiger partial charge is 0.224 e. The first-order valence-corrected chi connectivity index (χ1v) is 8.28. The fourth-order valence-corrected chi connectivity index (χ4v) is 2.94. The first-order chi connectivity index (χ1) is 11.7. The van der Waals surface area contributed by atoms with Gasteiger partial charge < -0.3 is 4.90 Å². The van der Waals surface area contributed by atoms with Crippen LogP contribution < -0.4 is 0 Å². The van der Waals surface area contributed by atoms with E-state index in [0.717, 1.165) is 44.7 Å². The van der Waals surface area contributed by atoms with E-state index in [-0.39, 0.29) is 11.7 Å². The van der Waals surface area contributed by atoms with E-state index >= 15 is 0 Å². The van der Waals surface area contributed by atoms with Gasteiger partial charge in [-0.25, -0.2) is 9.37 Å². The summed E-state index contributed by atoms with van der Waals surface area (Å²) in [7, 11) is 0. The molecule has 1 fully saturated rings. The molecule has 0 atom stereocenters. The van der Waals surface area contributed by atoms with E-state index in [0.29, 0.717) is 13.0 Å². The predicted octanol–water partition coefficient (Wildman–Crippen LogP) is 1.54. The predicted molar refractivity (Wildman–Crippen MR) is 87.5 cm³/mol. The number of nitrogens with zero attached hydrogens (tertiary/aromatic N) is 5. The van der Waals surface area contributed by atoms with E-state index in [4.69, 9.17) is 0 Å². The fraction of sp³-hybridized carbons (Fsp3) is 0.471. The number of hydrogen-bond donors (Lipinski definition) is 0. The van der Waals surface area contributed by atoms with Crippen molar-refractivity contribution in [2.45, 2.75) is 25.9 Å². The molecular weight excluding hydrogens is 309 g/mol. The monoisotopic (exact) mass is 331 g/mol. The van der Waals surface area contributed by atoms with Crippen molar-refractivity contribution in [3.05, 3.63) is 48.3 Å². The van der Waals surface area contributed by atoms with E-state index in [2.05, 4.69) is 15.0 Å². The molecule has 1 aromatic carbocycles. The summed E-state index contributed by atoms with van der Waals surface area (Å²) in [4.78, 5) is 20.5. The summed E-state index contributed by atoms with van der Waals surface area (Å²) in [5, 5.41) is 4.02. The highest BCUT2D eigenvalue weighted by molar-refractivity contribution is 5.76. The van der Waals surface area contributed by atoms with E-state index < -0.39 is 0 Å². The Morgan fingerprint density at radius 3 is 2.71 bits per heavy atom. The molecule has 7 heteroatoms. The summed E-state index contributed by atoms with van der Waals surface area (Å²) in [6, 6.07) is 6.63. The van der Waals surface area contributed by atoms with Gasteiger partial charge in [-0.05, 0) is 24.1 Å². The first kappa shape index (κ1) is 16.6. The van der Waals surface area contributed by atoms with Crippen molar-refractivity contribution in [1.29, 1.82) is 0 Å². The largest absolute Gasteiger partial charge is 0.341 e. The van der Waals surface area contributed by atoms with Crippen LogP contribution in [0.4, 0.5) is 4.39 Å². The number of hydrogen-bond acceptors (Lipinski definition) is 4. The van der Waals surface area contributed by atoms with Crippen molar-refractivity contribution < 1.29 is 9.18 Å². The van der Waals surface area contributed by atoms with E-state index in [1.54, 1.807) is 11.0 Å². The second-order valence-electron chi connectivity index (χ2n) is 6.05. The number of benzene rings is 1. The van der Waals surface area contributed by atoms with Gasteiger partial charge in [-0.2, -0.15) is 5.10 Å². The number of carbonyl (C=O) groups is 1. The van der Waals surface area contributed by atoms with Crippen LogP contribution in [0.3, 0.4) is 0 Å². The van der Waals surface area contributed by atoms with Gasteiger partial charge in [0.15, 0.2) is 0 Å². The minimum atomic E-state index is -0.209. The van der Waals surface area contributed by atoms with Crippen LogP contribution in [0, 0.1) is 5.82 Å². The normalized spacial score (nSPS) is 16.1. The van der Waals surface area contributed by atoms with Crippen LogP contribution in [0.2, 0.25) is 0 Å². The Bertz CT molecular complexity index is 644. The van der Waals surface area contributed by atoms with Crippen molar-refractivity contribution in [2.75, 3.05) is 26.2 Å². The zero-order chi connectivity index (χ0) is 16.8. The number of halogens is 1. The molecule has 0 aliphatic carbocycles. The molecule has 1 aromatic heterocycles. The quantitative estimate of drug-likeness (QED) is 0.834. The van der Waals surface area contributed by atoms with E-state index in [9.17, 15) is 9.18 Å². The first-order valence-electron chi connectivity index (χ1n) is 8.28. The number of aromatic nitrogens is 3. The molecule has 0 radical (unpaired) electrons. The third-order valence-corrected chi connectivity index (χ3v) is 4.28. The second kappa shape index (κ2) is 8.01. The average molecular weight is 331 g/mol. The van der Waals surface area contributed by atoms with Gasteiger partial charge in [0, 0.05) is 39.1 Å². The van der Waals surface area contributed by atoms with E-state index in [1.165, 1.54) is 18.5 Å². The van der Waals surface area contributed by atoms with Gasteiger partial charge in [0.05, 0.1) is 6.54 Å². The highest BCUT2D eigenvalue weighted by Crippen LogP contribution is 2.11. The lowest BCUT2D eigenvalue weighted by Crippen LogP contribution is -2.35. The Labute approximate surface area is 140 Å². The van der Waals surface area contributed by atoms with Crippen molar-refractivity contribution in [1.82, 2.24) is 24.6 Å². The van der Waals surface area contributed by atoms with Gasteiger partial charge in [0.25, 0.3) is 0 Å². The Balaban J connectivity index is 1.47. The van der Waals surface area contributed by atoms with Crippen LogP contribution in [-0.2, 0) is 17.9 Å². The molecule has 1 aliphatic rings. The molecule has 6 nitrogen and oxygen atoms in total. The minimum absolute atomic E-state index is 0.161. The molecule has 24 heavy (non-hydrogen) atoms. The molecule has 1 saturated heterocycles. The van der Waals surface area contributed by atoms with Gasteiger partial charge in [-0.1, -0.05) is 12.1 Å². The molecule has 128 valence electrons. The summed E-state index contributed by atoms with van der Waals surface area (Å²) in [5.41, 5.74) is 1.10. The number of carbonyl (C=O) groups excluding carboxylic acids is 1. The molecule has 0 N–H and O–H groups in total. The van der Waals surface area contributed by atoms with Gasteiger partial charge >= 0.3 is 0 Å². The SMILES string of the molecule is O=C(CCn1cncn1)N1CCCN(Cc2ccc(F)cc2)CC1. The van der Waals surface area contributed by atoms with Crippen LogP contribution in [0.25, 0.3) is 0 Å². The lowest BCUT2D eigenvalue weighted by molar-refractivity contribution is -0.131. The third-order valence-electron chi connectivity index (χ3n) is 4.28. The molecule has 0 saturated carbocycles. The van der Waals surface area contributed by atoms with Crippen molar-refractivity contribution in [3.63, 3.8) is 0 Å². The Morgan fingerprint density at radius 1 is 1.12 bits per heavy atom. The molecule has 2 aromatic rings. The van der Waals surface area contributed by atoms with Crippen LogP contribution >= 0.6 is 0 Å². The number of amides is 1. The maximum absolute atomic E-state index is 13.0. The summed E-state index contributed by atoms with van der Waals surface area (Å²) >= 11 is 0. The summed E-state index contributed by atoms with van der Waals surface area (Å²) in [5.74, 6) is -0.0482. The maximum Gasteiger partial charge on any atom is 0.224 e. The van der Waals surface area contributed by atoms with Gasteiger partial charge in [-0.15, -0.1) is 0 Å². The maximum atomic E-state index is 13.0. The molecule has 0 spiro atoms. The summed E-state index contributed by atoms with van der Waals surface area (Å²) < 4.78 is 14.7. The van der Waals surface area contributed by atoms with Crippen molar-refractivity contribution in [2.24, 2.45) is 0 Å². The van der Waals surface area contributed by atoms with Crippen LogP contribution in [0.15, 0.2) is 36.9 Å². The Morgan fingerprint density at radius 2 is 1.96 bits per heavy atom.